The summed E-state index contributed by atoms with van der Waals surface area (Å²) in [6.07, 6.45) is -3.62. The average molecular weight is 446 g/mol. The number of aryl methyl sites for hydroxylation is 1. The van der Waals surface area contributed by atoms with Crippen LogP contribution >= 0.6 is 23.8 Å². The van der Waals surface area contributed by atoms with Gasteiger partial charge in [0.15, 0.2) is 10.9 Å². The largest absolute Gasteiger partial charge is 0.436 e. The van der Waals surface area contributed by atoms with Crippen molar-refractivity contribution < 1.29 is 22.8 Å². The highest BCUT2D eigenvalue weighted by atomic mass is 35.5. The molecule has 1 amide bonds. The van der Waals surface area contributed by atoms with Gasteiger partial charge in [0.1, 0.15) is 6.34 Å². The Balaban J connectivity index is 1.88. The summed E-state index contributed by atoms with van der Waals surface area (Å²) in [5, 5.41) is 5.55. The van der Waals surface area contributed by atoms with Gasteiger partial charge in [-0.15, -0.1) is 0 Å². The number of carbonyl (C=O) groups excluding carboxylic acids is 1. The van der Waals surface area contributed by atoms with Crippen LogP contribution in [0.15, 0.2) is 41.5 Å². The number of hydrogen-bond acceptors (Lipinski definition) is 4. The molecule has 0 saturated heterocycles. The number of pyridine rings is 1. The van der Waals surface area contributed by atoms with Crippen molar-refractivity contribution in [3.63, 3.8) is 0 Å². The molecular formula is C17H15ClF3N5O2S. The van der Waals surface area contributed by atoms with Gasteiger partial charge < -0.3 is 10.2 Å². The van der Waals surface area contributed by atoms with Crippen LogP contribution in [0.3, 0.4) is 0 Å². The van der Waals surface area contributed by atoms with E-state index in [9.17, 15) is 18.0 Å². The Kier molecular flexibility index (Phi) is 7.35. The minimum atomic E-state index is -4.56. The van der Waals surface area contributed by atoms with Gasteiger partial charge >= 0.3 is 12.3 Å². The number of hydroxylamine groups is 2. The fourth-order valence-electron chi connectivity index (χ4n) is 1.88. The van der Waals surface area contributed by atoms with Gasteiger partial charge in [-0.3, -0.25) is 5.32 Å². The third-order valence-corrected chi connectivity index (χ3v) is 3.75. The Bertz CT molecular complexity index is 922. The standard InChI is InChI=1S/C17H15ClF3N5O2S/c1-10-3-5-12(6-4-10)24-16(27)28-26(2)9-23-15(29)25-14-13(18)7-11(8-22-14)17(19,20)21/h3-9H,1-2H3,(H,24,27)(H,22,25,29)/b23-9+. The van der Waals surface area contributed by atoms with Gasteiger partial charge in [-0.1, -0.05) is 29.3 Å². The SMILES string of the molecule is Cc1ccc(NC(=O)ON(C)/C=N/C(=S)Nc2ncc(C(F)(F)F)cc2Cl)cc1. The number of benzene rings is 1. The number of halogens is 4. The fourth-order valence-corrected chi connectivity index (χ4v) is 2.24. The van der Waals surface area contributed by atoms with Gasteiger partial charge in [-0.25, -0.2) is 14.8 Å². The summed E-state index contributed by atoms with van der Waals surface area (Å²) in [6.45, 7) is 1.91. The van der Waals surface area contributed by atoms with Crippen molar-refractivity contribution in [3.05, 3.63) is 52.7 Å². The lowest BCUT2D eigenvalue weighted by atomic mass is 10.2. The van der Waals surface area contributed by atoms with Crippen molar-refractivity contribution in [2.45, 2.75) is 13.1 Å². The molecule has 0 unspecified atom stereocenters. The van der Waals surface area contributed by atoms with E-state index in [0.717, 1.165) is 17.0 Å². The molecule has 7 nitrogen and oxygen atoms in total. The minimum Gasteiger partial charge on any atom is -0.321 e. The Morgan fingerprint density at radius 2 is 1.97 bits per heavy atom. The highest BCUT2D eigenvalue weighted by Gasteiger charge is 2.31. The molecule has 1 aromatic carbocycles. The Hall–Kier alpha value is -2.92. The van der Waals surface area contributed by atoms with Crippen LogP contribution in [0.4, 0.5) is 29.5 Å². The van der Waals surface area contributed by atoms with Crippen LogP contribution in [0.25, 0.3) is 0 Å². The minimum absolute atomic E-state index is 0.0949. The van der Waals surface area contributed by atoms with Crippen LogP contribution in [-0.2, 0) is 11.0 Å². The topological polar surface area (TPSA) is 78.8 Å². The second-order valence-electron chi connectivity index (χ2n) is 5.64. The molecule has 0 bridgehead atoms. The lowest BCUT2D eigenvalue weighted by Crippen LogP contribution is -2.26. The zero-order valence-electron chi connectivity index (χ0n) is 15.1. The summed E-state index contributed by atoms with van der Waals surface area (Å²) in [4.78, 5) is 24.1. The zero-order valence-corrected chi connectivity index (χ0v) is 16.7. The number of amides is 1. The van der Waals surface area contributed by atoms with Gasteiger partial charge in [-0.2, -0.15) is 18.2 Å². The van der Waals surface area contributed by atoms with E-state index in [-0.39, 0.29) is 16.0 Å². The Morgan fingerprint density at radius 1 is 1.31 bits per heavy atom. The van der Waals surface area contributed by atoms with Crippen molar-refractivity contribution in [2.75, 3.05) is 17.7 Å². The number of anilines is 2. The van der Waals surface area contributed by atoms with Crippen LogP contribution in [0.5, 0.6) is 0 Å². The number of aliphatic imine (C=N–C) groups is 1. The highest BCUT2D eigenvalue weighted by molar-refractivity contribution is 7.80. The molecule has 0 radical (unpaired) electrons. The van der Waals surface area contributed by atoms with Gasteiger partial charge in [-0.05, 0) is 37.3 Å². The second kappa shape index (κ2) is 9.52. The number of carbonyl (C=O) groups is 1. The number of hydrogen-bond donors (Lipinski definition) is 2. The van der Waals surface area contributed by atoms with Crippen LogP contribution < -0.4 is 10.6 Å². The van der Waals surface area contributed by atoms with E-state index in [1.165, 1.54) is 7.05 Å². The molecule has 12 heteroatoms. The maximum atomic E-state index is 12.6. The molecule has 1 heterocycles. The maximum Gasteiger partial charge on any atom is 0.436 e. The predicted molar refractivity (Wildman–Crippen MR) is 108 cm³/mol. The maximum absolute atomic E-state index is 12.6. The molecule has 2 aromatic rings. The summed E-state index contributed by atoms with van der Waals surface area (Å²) in [7, 11) is 1.39. The van der Waals surface area contributed by atoms with Gasteiger partial charge in [0, 0.05) is 18.9 Å². The smallest absolute Gasteiger partial charge is 0.321 e. The molecule has 0 aliphatic heterocycles. The quantitative estimate of drug-likeness (QED) is 0.302. The molecule has 2 N–H and O–H groups in total. The lowest BCUT2D eigenvalue weighted by molar-refractivity contribution is -0.137. The molecule has 154 valence electrons. The Labute approximate surface area is 174 Å². The van der Waals surface area contributed by atoms with E-state index in [4.69, 9.17) is 28.7 Å². The second-order valence-corrected chi connectivity index (χ2v) is 6.44. The van der Waals surface area contributed by atoms with Crippen molar-refractivity contribution in [2.24, 2.45) is 4.99 Å². The first-order chi connectivity index (χ1) is 13.5. The monoisotopic (exact) mass is 445 g/mol. The molecule has 0 fully saturated rings. The molecule has 0 atom stereocenters. The summed E-state index contributed by atoms with van der Waals surface area (Å²) < 4.78 is 37.8. The van der Waals surface area contributed by atoms with Crippen LogP contribution in [0, 0.1) is 6.92 Å². The molecule has 0 spiro atoms. The number of nitrogens with zero attached hydrogens (tertiary/aromatic N) is 3. The third kappa shape index (κ3) is 7.20. The van der Waals surface area contributed by atoms with E-state index in [1.54, 1.807) is 12.1 Å². The molecule has 29 heavy (non-hydrogen) atoms. The molecule has 0 saturated carbocycles. The van der Waals surface area contributed by atoms with Crippen molar-refractivity contribution in [1.29, 1.82) is 0 Å². The highest BCUT2D eigenvalue weighted by Crippen LogP contribution is 2.32. The molecule has 0 aliphatic rings. The van der Waals surface area contributed by atoms with Crippen molar-refractivity contribution in [1.82, 2.24) is 10.0 Å². The average Bonchev–Trinajstić information content (AvgIpc) is 2.62. The number of nitrogens with one attached hydrogen (secondary N) is 2. The number of thiocarbonyl (C=S) groups is 1. The lowest BCUT2D eigenvalue weighted by Gasteiger charge is -2.13. The van der Waals surface area contributed by atoms with Gasteiger partial charge in [0.25, 0.3) is 0 Å². The van der Waals surface area contributed by atoms with Crippen LogP contribution in [-0.4, -0.2) is 34.6 Å². The molecular weight excluding hydrogens is 431 g/mol. The number of alkyl halides is 3. The van der Waals surface area contributed by atoms with E-state index >= 15 is 0 Å². The molecule has 1 aromatic heterocycles. The predicted octanol–water partition coefficient (Wildman–Crippen LogP) is 4.88. The van der Waals surface area contributed by atoms with E-state index in [0.29, 0.717) is 18.0 Å². The first-order valence-corrected chi connectivity index (χ1v) is 8.69. The van der Waals surface area contributed by atoms with E-state index < -0.39 is 17.8 Å². The van der Waals surface area contributed by atoms with Crippen molar-refractivity contribution >= 4 is 52.9 Å². The van der Waals surface area contributed by atoms with E-state index in [1.807, 2.05) is 19.1 Å². The fraction of sp³-hybridized carbons (Fsp3) is 0.176. The first kappa shape index (κ1) is 22.4. The van der Waals surface area contributed by atoms with Crippen LogP contribution in [0.1, 0.15) is 11.1 Å². The number of rotatable bonds is 4. The zero-order chi connectivity index (χ0) is 21.6. The normalized spacial score (nSPS) is 11.2. The Morgan fingerprint density at radius 3 is 2.55 bits per heavy atom. The molecule has 2 rings (SSSR count). The molecule has 0 aliphatic carbocycles. The summed E-state index contributed by atoms with van der Waals surface area (Å²) in [5.74, 6) is -0.0949. The van der Waals surface area contributed by atoms with Crippen molar-refractivity contribution in [3.8, 4) is 0 Å². The first-order valence-electron chi connectivity index (χ1n) is 7.91. The number of aromatic nitrogens is 1. The summed E-state index contributed by atoms with van der Waals surface area (Å²) in [5.41, 5.74) is 0.596. The summed E-state index contributed by atoms with van der Waals surface area (Å²) in [6, 6.07) is 7.79. The van der Waals surface area contributed by atoms with Gasteiger partial charge in [0.05, 0.1) is 10.6 Å². The third-order valence-electron chi connectivity index (χ3n) is 3.26. The van der Waals surface area contributed by atoms with Gasteiger partial charge in [0.2, 0.25) is 0 Å². The summed E-state index contributed by atoms with van der Waals surface area (Å²) >= 11 is 10.7. The van der Waals surface area contributed by atoms with Crippen LogP contribution in [0.2, 0.25) is 5.02 Å². The van der Waals surface area contributed by atoms with E-state index in [2.05, 4.69) is 20.6 Å².